The van der Waals surface area contributed by atoms with E-state index in [-0.39, 0.29) is 5.91 Å². The minimum absolute atomic E-state index is 0.197. The van der Waals surface area contributed by atoms with Gasteiger partial charge in [0.15, 0.2) is 0 Å². The van der Waals surface area contributed by atoms with Gasteiger partial charge >= 0.3 is 0 Å². The maximum atomic E-state index is 12.0. The Morgan fingerprint density at radius 2 is 1.88 bits per heavy atom. The number of aryl methyl sites for hydroxylation is 1. The summed E-state index contributed by atoms with van der Waals surface area (Å²) in [5.74, 6) is 0.816. The zero-order valence-electron chi connectivity index (χ0n) is 16.3. The van der Waals surface area contributed by atoms with Crippen LogP contribution in [0.3, 0.4) is 0 Å². The van der Waals surface area contributed by atoms with Crippen molar-refractivity contribution >= 4 is 23.1 Å². The quantitative estimate of drug-likeness (QED) is 0.754. The van der Waals surface area contributed by atoms with Gasteiger partial charge in [-0.3, -0.25) is 4.79 Å². The van der Waals surface area contributed by atoms with Gasteiger partial charge in [0.25, 0.3) is 5.91 Å². The van der Waals surface area contributed by atoms with Crippen LogP contribution >= 0.6 is 0 Å². The van der Waals surface area contributed by atoms with Gasteiger partial charge in [0.05, 0.1) is 12.4 Å². The van der Waals surface area contributed by atoms with Crippen molar-refractivity contribution in [3.05, 3.63) is 41.9 Å². The molecule has 1 aromatic heterocycles. The highest BCUT2D eigenvalue weighted by Crippen LogP contribution is 2.24. The van der Waals surface area contributed by atoms with Crippen LogP contribution in [0.4, 0.5) is 17.2 Å². The predicted octanol–water partition coefficient (Wildman–Crippen LogP) is 3.76. The van der Waals surface area contributed by atoms with E-state index in [2.05, 4.69) is 58.4 Å². The summed E-state index contributed by atoms with van der Waals surface area (Å²) in [6.07, 6.45) is 3.08. The minimum Gasteiger partial charge on any atom is -0.372 e. The molecule has 2 N–H and O–H groups in total. The number of amides is 1. The first-order chi connectivity index (χ1) is 12.4. The van der Waals surface area contributed by atoms with Crippen molar-refractivity contribution < 1.29 is 4.79 Å². The first-order valence-electron chi connectivity index (χ1n) is 9.17. The molecule has 6 heteroatoms. The third-order valence-corrected chi connectivity index (χ3v) is 4.16. The number of aromatic nitrogens is 2. The van der Waals surface area contributed by atoms with Crippen molar-refractivity contribution in [2.45, 2.75) is 34.6 Å². The predicted molar refractivity (Wildman–Crippen MR) is 107 cm³/mol. The van der Waals surface area contributed by atoms with E-state index in [9.17, 15) is 4.79 Å². The Hall–Kier alpha value is -2.63. The minimum atomic E-state index is -0.197. The molecule has 1 heterocycles. The molecule has 0 saturated heterocycles. The van der Waals surface area contributed by atoms with Gasteiger partial charge in [-0.1, -0.05) is 13.8 Å². The Kier molecular flexibility index (Phi) is 6.95. The second-order valence-electron chi connectivity index (χ2n) is 6.69. The number of nitrogens with one attached hydrogen (secondary N) is 2. The number of anilines is 3. The van der Waals surface area contributed by atoms with Crippen molar-refractivity contribution in [3.63, 3.8) is 0 Å². The second kappa shape index (κ2) is 9.17. The van der Waals surface area contributed by atoms with Crippen molar-refractivity contribution in [2.75, 3.05) is 29.9 Å². The highest BCUT2D eigenvalue weighted by atomic mass is 16.1. The Morgan fingerprint density at radius 3 is 2.42 bits per heavy atom. The van der Waals surface area contributed by atoms with E-state index >= 15 is 0 Å². The van der Waals surface area contributed by atoms with Crippen LogP contribution in [0.5, 0.6) is 0 Å². The van der Waals surface area contributed by atoms with Gasteiger partial charge in [-0.2, -0.15) is 0 Å². The Labute approximate surface area is 156 Å². The largest absolute Gasteiger partial charge is 0.372 e. The number of carbonyl (C=O) groups is 1. The van der Waals surface area contributed by atoms with Crippen molar-refractivity contribution in [2.24, 2.45) is 5.92 Å². The van der Waals surface area contributed by atoms with Crippen LogP contribution in [0.25, 0.3) is 0 Å². The van der Waals surface area contributed by atoms with E-state index < -0.39 is 0 Å². The number of benzene rings is 1. The number of nitrogens with zero attached hydrogens (tertiary/aromatic N) is 3. The normalized spacial score (nSPS) is 10.7. The third kappa shape index (κ3) is 5.18. The SMILES string of the molecule is CCN(CC)c1ccc(Nc2cnc(C(=O)NCC(C)C)cn2)c(C)c1. The summed E-state index contributed by atoms with van der Waals surface area (Å²) in [4.78, 5) is 22.8. The molecule has 0 bridgehead atoms. The summed E-state index contributed by atoms with van der Waals surface area (Å²) in [6, 6.07) is 6.31. The molecule has 0 unspecified atom stereocenters. The maximum Gasteiger partial charge on any atom is 0.271 e. The summed E-state index contributed by atoms with van der Waals surface area (Å²) in [6.45, 7) is 13.1. The van der Waals surface area contributed by atoms with Gasteiger partial charge in [-0.25, -0.2) is 9.97 Å². The average molecular weight is 355 g/mol. The van der Waals surface area contributed by atoms with Crippen LogP contribution in [-0.2, 0) is 0 Å². The van der Waals surface area contributed by atoms with E-state index in [0.717, 1.165) is 24.3 Å². The maximum absolute atomic E-state index is 12.0. The standard InChI is InChI=1S/C20H29N5O/c1-6-25(7-2)16-8-9-17(15(5)10-16)24-19-13-21-18(12-22-19)20(26)23-11-14(3)4/h8-10,12-14H,6-7,11H2,1-5H3,(H,22,24)(H,23,26). The zero-order chi connectivity index (χ0) is 19.1. The highest BCUT2D eigenvalue weighted by Gasteiger charge is 2.09. The van der Waals surface area contributed by atoms with E-state index in [4.69, 9.17) is 0 Å². The van der Waals surface area contributed by atoms with E-state index in [0.29, 0.717) is 24.0 Å². The molecule has 1 aromatic carbocycles. The molecule has 0 atom stereocenters. The number of hydrogen-bond acceptors (Lipinski definition) is 5. The van der Waals surface area contributed by atoms with E-state index in [1.807, 2.05) is 19.9 Å². The topological polar surface area (TPSA) is 70.2 Å². The van der Waals surface area contributed by atoms with Gasteiger partial charge in [0, 0.05) is 31.0 Å². The fourth-order valence-electron chi connectivity index (χ4n) is 2.61. The van der Waals surface area contributed by atoms with Crippen LogP contribution in [0, 0.1) is 12.8 Å². The van der Waals surface area contributed by atoms with Crippen LogP contribution in [-0.4, -0.2) is 35.5 Å². The summed E-state index contributed by atoms with van der Waals surface area (Å²) >= 11 is 0. The molecule has 0 aliphatic heterocycles. The molecule has 1 amide bonds. The number of hydrogen-bond donors (Lipinski definition) is 2. The smallest absolute Gasteiger partial charge is 0.271 e. The van der Waals surface area contributed by atoms with Crippen molar-refractivity contribution in [1.82, 2.24) is 15.3 Å². The molecule has 140 valence electrons. The summed E-state index contributed by atoms with van der Waals surface area (Å²) in [5.41, 5.74) is 3.65. The van der Waals surface area contributed by atoms with Crippen LogP contribution < -0.4 is 15.5 Å². The van der Waals surface area contributed by atoms with Gasteiger partial charge in [0.1, 0.15) is 11.5 Å². The lowest BCUT2D eigenvalue weighted by atomic mass is 10.1. The summed E-state index contributed by atoms with van der Waals surface area (Å²) in [7, 11) is 0. The third-order valence-electron chi connectivity index (χ3n) is 4.16. The molecule has 0 aliphatic carbocycles. The molecule has 0 radical (unpaired) electrons. The molecule has 0 spiro atoms. The average Bonchev–Trinajstić information content (AvgIpc) is 2.63. The lowest BCUT2D eigenvalue weighted by Crippen LogP contribution is -2.28. The van der Waals surface area contributed by atoms with Gasteiger partial charge in [-0.15, -0.1) is 0 Å². The molecule has 6 nitrogen and oxygen atoms in total. The molecule has 26 heavy (non-hydrogen) atoms. The summed E-state index contributed by atoms with van der Waals surface area (Å²) < 4.78 is 0. The number of carbonyl (C=O) groups excluding carboxylic acids is 1. The van der Waals surface area contributed by atoms with E-state index in [1.54, 1.807) is 6.20 Å². The molecular weight excluding hydrogens is 326 g/mol. The monoisotopic (exact) mass is 355 g/mol. The van der Waals surface area contributed by atoms with Crippen LogP contribution in [0.15, 0.2) is 30.6 Å². The first kappa shape index (κ1) is 19.7. The molecular formula is C20H29N5O. The fourth-order valence-corrected chi connectivity index (χ4v) is 2.61. The second-order valence-corrected chi connectivity index (χ2v) is 6.69. The lowest BCUT2D eigenvalue weighted by molar-refractivity contribution is 0.0943. The molecule has 0 fully saturated rings. The van der Waals surface area contributed by atoms with Gasteiger partial charge < -0.3 is 15.5 Å². The lowest BCUT2D eigenvalue weighted by Gasteiger charge is -2.22. The van der Waals surface area contributed by atoms with E-state index in [1.165, 1.54) is 11.9 Å². The zero-order valence-corrected chi connectivity index (χ0v) is 16.3. The Balaban J connectivity index is 2.06. The molecule has 2 aromatic rings. The van der Waals surface area contributed by atoms with Crippen molar-refractivity contribution in [3.8, 4) is 0 Å². The van der Waals surface area contributed by atoms with Crippen LogP contribution in [0.1, 0.15) is 43.7 Å². The molecule has 2 rings (SSSR count). The Bertz CT molecular complexity index is 723. The summed E-state index contributed by atoms with van der Waals surface area (Å²) in [5, 5.41) is 6.10. The van der Waals surface area contributed by atoms with Gasteiger partial charge in [-0.05, 0) is 50.5 Å². The Morgan fingerprint density at radius 1 is 1.15 bits per heavy atom. The first-order valence-corrected chi connectivity index (χ1v) is 9.17. The van der Waals surface area contributed by atoms with Crippen LogP contribution in [0.2, 0.25) is 0 Å². The van der Waals surface area contributed by atoms with Gasteiger partial charge in [0.2, 0.25) is 0 Å². The fraction of sp³-hybridized carbons (Fsp3) is 0.450. The number of rotatable bonds is 8. The van der Waals surface area contributed by atoms with Crippen molar-refractivity contribution in [1.29, 1.82) is 0 Å². The molecule has 0 saturated carbocycles. The molecule has 0 aliphatic rings. The highest BCUT2D eigenvalue weighted by molar-refractivity contribution is 5.92.